The molecule has 8 heteroatoms. The molecule has 2 aromatic carbocycles. The Morgan fingerprint density at radius 1 is 1.14 bits per heavy atom. The molecule has 150 valence electrons. The second-order valence-corrected chi connectivity index (χ2v) is 7.94. The molecular weight excluding hydrogens is 401 g/mol. The quantitative estimate of drug-likeness (QED) is 0.634. The third-order valence-corrected chi connectivity index (χ3v) is 6.13. The molecule has 0 aliphatic carbocycles. The highest BCUT2D eigenvalue weighted by Crippen LogP contribution is 2.34. The van der Waals surface area contributed by atoms with Crippen LogP contribution in [-0.2, 0) is 19.1 Å². The number of aromatic nitrogens is 1. The highest BCUT2D eigenvalue weighted by molar-refractivity contribution is 7.17. The number of rotatable bonds is 2. The van der Waals surface area contributed by atoms with Crippen molar-refractivity contribution >= 4 is 17.2 Å². The molecule has 0 saturated heterocycles. The molecule has 1 aliphatic heterocycles. The summed E-state index contributed by atoms with van der Waals surface area (Å²) in [6.07, 6.45) is -3.74. The van der Waals surface area contributed by atoms with E-state index in [1.54, 1.807) is 24.0 Å². The Labute approximate surface area is 169 Å². The summed E-state index contributed by atoms with van der Waals surface area (Å²) in [6, 6.07) is 9.93. The zero-order valence-electron chi connectivity index (χ0n) is 15.5. The van der Waals surface area contributed by atoms with Crippen LogP contribution in [0.25, 0.3) is 10.6 Å². The summed E-state index contributed by atoms with van der Waals surface area (Å²) in [5.74, 6) is 0.0693. The van der Waals surface area contributed by atoms with Crippen molar-refractivity contribution in [3.8, 4) is 16.3 Å². The monoisotopic (exact) mass is 418 g/mol. The summed E-state index contributed by atoms with van der Waals surface area (Å²) in [6.45, 7) is 2.71. The molecule has 1 amide bonds. The number of alkyl halides is 3. The van der Waals surface area contributed by atoms with E-state index in [4.69, 9.17) is 0 Å². The van der Waals surface area contributed by atoms with Crippen LogP contribution in [0.1, 0.15) is 32.1 Å². The third-order valence-electron chi connectivity index (χ3n) is 4.94. The minimum atomic E-state index is -4.39. The van der Waals surface area contributed by atoms with E-state index in [2.05, 4.69) is 4.98 Å². The van der Waals surface area contributed by atoms with Gasteiger partial charge < -0.3 is 10.0 Å². The van der Waals surface area contributed by atoms with Crippen LogP contribution in [0.5, 0.6) is 5.75 Å². The van der Waals surface area contributed by atoms with Crippen molar-refractivity contribution in [3.05, 3.63) is 69.7 Å². The van der Waals surface area contributed by atoms with Crippen LogP contribution >= 0.6 is 11.3 Å². The molecule has 0 spiro atoms. The first-order valence-corrected chi connectivity index (χ1v) is 9.79. The molecule has 4 rings (SSSR count). The molecule has 4 nitrogen and oxygen atoms in total. The number of phenols is 1. The number of thiazole rings is 1. The number of hydrogen-bond acceptors (Lipinski definition) is 4. The van der Waals surface area contributed by atoms with Gasteiger partial charge in [-0.05, 0) is 48.7 Å². The highest BCUT2D eigenvalue weighted by atomic mass is 32.1. The van der Waals surface area contributed by atoms with Crippen LogP contribution in [0.4, 0.5) is 13.2 Å². The van der Waals surface area contributed by atoms with E-state index in [1.165, 1.54) is 23.5 Å². The maximum Gasteiger partial charge on any atom is 0.416 e. The Balaban J connectivity index is 1.56. The van der Waals surface area contributed by atoms with Gasteiger partial charge in [0.1, 0.15) is 15.6 Å². The fourth-order valence-electron chi connectivity index (χ4n) is 3.38. The van der Waals surface area contributed by atoms with Gasteiger partial charge >= 0.3 is 6.18 Å². The molecule has 1 aliphatic rings. The molecule has 0 saturated carbocycles. The first kappa shape index (κ1) is 19.4. The Morgan fingerprint density at radius 3 is 2.55 bits per heavy atom. The Hall–Kier alpha value is -2.87. The van der Waals surface area contributed by atoms with E-state index in [9.17, 15) is 23.1 Å². The second-order valence-electron chi connectivity index (χ2n) is 6.94. The maximum atomic E-state index is 13.0. The summed E-state index contributed by atoms with van der Waals surface area (Å²) in [5.41, 5.74) is 2.41. The second kappa shape index (κ2) is 7.18. The average Bonchev–Trinajstić information content (AvgIpc) is 3.08. The van der Waals surface area contributed by atoms with E-state index in [1.807, 2.05) is 6.07 Å². The van der Waals surface area contributed by atoms with Crippen molar-refractivity contribution in [1.82, 2.24) is 9.88 Å². The average molecular weight is 418 g/mol. The van der Waals surface area contributed by atoms with Crippen LogP contribution in [0.2, 0.25) is 0 Å². The Bertz CT molecular complexity index is 1070. The predicted octanol–water partition coefficient (Wildman–Crippen LogP) is 5.04. The van der Waals surface area contributed by atoms with Crippen LogP contribution in [0, 0.1) is 6.92 Å². The fourth-order valence-corrected chi connectivity index (χ4v) is 4.42. The fraction of sp³-hybridized carbons (Fsp3) is 0.238. The number of fused-ring (bicyclic) bond motifs is 1. The lowest BCUT2D eigenvalue weighted by molar-refractivity contribution is -0.137. The van der Waals surface area contributed by atoms with Crippen molar-refractivity contribution < 1.29 is 23.1 Å². The van der Waals surface area contributed by atoms with Gasteiger partial charge in [0.25, 0.3) is 5.91 Å². The summed E-state index contributed by atoms with van der Waals surface area (Å²) in [4.78, 5) is 19.6. The minimum absolute atomic E-state index is 0.142. The molecule has 1 aromatic heterocycles. The SMILES string of the molecule is Cc1nc(-c2ccc(C(F)(F)F)cc2)sc1C(=O)N1CCc2cc(O)ccc2C1. The lowest BCUT2D eigenvalue weighted by Gasteiger charge is -2.28. The predicted molar refractivity (Wildman–Crippen MR) is 104 cm³/mol. The van der Waals surface area contributed by atoms with E-state index in [0.29, 0.717) is 40.7 Å². The van der Waals surface area contributed by atoms with E-state index in [-0.39, 0.29) is 11.7 Å². The first-order chi connectivity index (χ1) is 13.7. The van der Waals surface area contributed by atoms with Crippen LogP contribution in [0.15, 0.2) is 42.5 Å². The molecule has 0 radical (unpaired) electrons. The van der Waals surface area contributed by atoms with Gasteiger partial charge in [0.05, 0.1) is 11.3 Å². The van der Waals surface area contributed by atoms with Crippen molar-refractivity contribution in [2.45, 2.75) is 26.1 Å². The van der Waals surface area contributed by atoms with Gasteiger partial charge in [-0.3, -0.25) is 4.79 Å². The van der Waals surface area contributed by atoms with E-state index < -0.39 is 11.7 Å². The lowest BCUT2D eigenvalue weighted by atomic mass is 9.99. The number of halogens is 3. The number of hydrogen-bond donors (Lipinski definition) is 1. The van der Waals surface area contributed by atoms with Gasteiger partial charge in [-0.25, -0.2) is 4.98 Å². The van der Waals surface area contributed by atoms with Crippen molar-refractivity contribution in [2.75, 3.05) is 6.54 Å². The first-order valence-electron chi connectivity index (χ1n) is 8.97. The number of nitrogens with zero attached hydrogens (tertiary/aromatic N) is 2. The largest absolute Gasteiger partial charge is 0.508 e. The maximum absolute atomic E-state index is 13.0. The summed E-state index contributed by atoms with van der Waals surface area (Å²) in [7, 11) is 0. The standard InChI is InChI=1S/C21H17F3N2O2S/c1-12-18(20(28)26-9-8-14-10-17(27)7-4-15(14)11-26)29-19(25-12)13-2-5-16(6-3-13)21(22,23)24/h2-7,10,27H,8-9,11H2,1H3. The van der Waals surface area contributed by atoms with Crippen LogP contribution < -0.4 is 0 Å². The zero-order valence-corrected chi connectivity index (χ0v) is 16.3. The summed E-state index contributed by atoms with van der Waals surface area (Å²) in [5, 5.41) is 10.1. The number of amides is 1. The van der Waals surface area contributed by atoms with E-state index in [0.717, 1.165) is 23.3 Å². The zero-order chi connectivity index (χ0) is 20.8. The van der Waals surface area contributed by atoms with Gasteiger partial charge in [0.15, 0.2) is 0 Å². The molecule has 0 atom stereocenters. The van der Waals surface area contributed by atoms with E-state index >= 15 is 0 Å². The molecular formula is C21H17F3N2O2S. The third kappa shape index (κ3) is 3.85. The van der Waals surface area contributed by atoms with Gasteiger partial charge in [0, 0.05) is 18.7 Å². The molecule has 3 aromatic rings. The Morgan fingerprint density at radius 2 is 1.86 bits per heavy atom. The summed E-state index contributed by atoms with van der Waals surface area (Å²) >= 11 is 1.19. The normalized spacial score (nSPS) is 14.0. The van der Waals surface area contributed by atoms with Gasteiger partial charge in [-0.1, -0.05) is 18.2 Å². The molecule has 0 fully saturated rings. The molecule has 29 heavy (non-hydrogen) atoms. The van der Waals surface area contributed by atoms with Gasteiger partial charge in [0.2, 0.25) is 0 Å². The van der Waals surface area contributed by atoms with Crippen LogP contribution in [0.3, 0.4) is 0 Å². The van der Waals surface area contributed by atoms with Gasteiger partial charge in [-0.15, -0.1) is 11.3 Å². The molecule has 1 N–H and O–H groups in total. The topological polar surface area (TPSA) is 53.4 Å². The van der Waals surface area contributed by atoms with Crippen molar-refractivity contribution in [1.29, 1.82) is 0 Å². The highest BCUT2D eigenvalue weighted by Gasteiger charge is 2.30. The van der Waals surface area contributed by atoms with Crippen molar-refractivity contribution in [3.63, 3.8) is 0 Å². The van der Waals surface area contributed by atoms with Crippen LogP contribution in [-0.4, -0.2) is 27.4 Å². The number of aromatic hydroxyl groups is 1. The molecule has 2 heterocycles. The number of aryl methyl sites for hydroxylation is 1. The Kier molecular flexibility index (Phi) is 4.82. The minimum Gasteiger partial charge on any atom is -0.508 e. The number of benzene rings is 2. The van der Waals surface area contributed by atoms with Gasteiger partial charge in [-0.2, -0.15) is 13.2 Å². The number of carbonyl (C=O) groups excluding carboxylic acids is 1. The lowest BCUT2D eigenvalue weighted by Crippen LogP contribution is -2.35. The smallest absolute Gasteiger partial charge is 0.416 e. The molecule has 0 bridgehead atoms. The number of phenolic OH excluding ortho intramolecular Hbond substituents is 1. The number of carbonyl (C=O) groups is 1. The summed E-state index contributed by atoms with van der Waals surface area (Å²) < 4.78 is 38.3. The van der Waals surface area contributed by atoms with Crippen molar-refractivity contribution in [2.24, 2.45) is 0 Å². The molecule has 0 unspecified atom stereocenters.